The summed E-state index contributed by atoms with van der Waals surface area (Å²) in [6, 6.07) is -1.33. The number of hydrogen-bond acceptors (Lipinski definition) is 9. The zero-order chi connectivity index (χ0) is 24.5. The highest BCUT2D eigenvalue weighted by molar-refractivity contribution is 5.82. The molecule has 1 aliphatic heterocycles. The van der Waals surface area contributed by atoms with Crippen LogP contribution in [-0.4, -0.2) is 74.9 Å². The van der Waals surface area contributed by atoms with Crippen LogP contribution in [-0.2, 0) is 42.9 Å². The lowest BCUT2D eigenvalue weighted by atomic mass is 9.88. The molecule has 1 fully saturated rings. The lowest BCUT2D eigenvalue weighted by molar-refractivity contribution is -0.264. The maximum Gasteiger partial charge on any atom is 0.471 e. The molecule has 32 heavy (non-hydrogen) atoms. The van der Waals surface area contributed by atoms with E-state index in [1.54, 1.807) is 0 Å². The van der Waals surface area contributed by atoms with E-state index in [2.05, 4.69) is 4.74 Å². The zero-order valence-electron chi connectivity index (χ0n) is 18.2. The first-order valence-corrected chi connectivity index (χ1v) is 9.89. The molecule has 5 atom stereocenters. The molecule has 0 aromatic heterocycles. The van der Waals surface area contributed by atoms with E-state index in [9.17, 15) is 32.3 Å². The van der Waals surface area contributed by atoms with Gasteiger partial charge in [-0.15, -0.1) is 0 Å². The van der Waals surface area contributed by atoms with Crippen LogP contribution in [0, 0.1) is 5.92 Å². The molecular formula is C19H28F3NO9. The molecule has 0 bridgehead atoms. The van der Waals surface area contributed by atoms with Gasteiger partial charge in [0.1, 0.15) is 18.8 Å². The Bertz CT molecular complexity index is 671. The molecule has 13 heteroatoms. The SMILES string of the molecule is COC(=O)CCCCO[C@H]1OC(COC(C)=O)[C@H](OC(C)=O)[C@H](C)C1NC(=O)C(F)(F)F. The first-order valence-electron chi connectivity index (χ1n) is 9.89. The van der Waals surface area contributed by atoms with Crippen molar-refractivity contribution >= 4 is 23.8 Å². The fourth-order valence-corrected chi connectivity index (χ4v) is 3.08. The number of hydrogen-bond donors (Lipinski definition) is 1. The van der Waals surface area contributed by atoms with Gasteiger partial charge < -0.3 is 29.0 Å². The van der Waals surface area contributed by atoms with Gasteiger partial charge in [0.25, 0.3) is 0 Å². The van der Waals surface area contributed by atoms with Crippen molar-refractivity contribution in [2.24, 2.45) is 5.92 Å². The first kappa shape index (κ1) is 27.6. The average Bonchev–Trinajstić information content (AvgIpc) is 2.69. The van der Waals surface area contributed by atoms with Crippen LogP contribution in [0.4, 0.5) is 13.2 Å². The van der Waals surface area contributed by atoms with Gasteiger partial charge >= 0.3 is 30.0 Å². The highest BCUT2D eigenvalue weighted by Gasteiger charge is 2.50. The van der Waals surface area contributed by atoms with Gasteiger partial charge in [-0.1, -0.05) is 6.92 Å². The van der Waals surface area contributed by atoms with E-state index in [0.29, 0.717) is 12.8 Å². The van der Waals surface area contributed by atoms with Crippen molar-refractivity contribution in [3.05, 3.63) is 0 Å². The quantitative estimate of drug-likeness (QED) is 0.285. The second kappa shape index (κ2) is 12.6. The van der Waals surface area contributed by atoms with E-state index in [1.807, 2.05) is 5.32 Å². The number of halogens is 3. The van der Waals surface area contributed by atoms with Crippen LogP contribution >= 0.6 is 0 Å². The molecule has 1 aliphatic rings. The number of carbonyl (C=O) groups is 4. The van der Waals surface area contributed by atoms with E-state index in [1.165, 1.54) is 14.0 Å². The third-order valence-electron chi connectivity index (χ3n) is 4.65. The van der Waals surface area contributed by atoms with Crippen molar-refractivity contribution < 1.29 is 56.0 Å². The van der Waals surface area contributed by atoms with Gasteiger partial charge in [-0.3, -0.25) is 19.2 Å². The van der Waals surface area contributed by atoms with Gasteiger partial charge in [0.15, 0.2) is 6.29 Å². The van der Waals surface area contributed by atoms with Crippen molar-refractivity contribution in [1.29, 1.82) is 0 Å². The van der Waals surface area contributed by atoms with Gasteiger partial charge in [0.05, 0.1) is 13.2 Å². The molecule has 0 aromatic carbocycles. The number of alkyl halides is 3. The van der Waals surface area contributed by atoms with Gasteiger partial charge in [0.2, 0.25) is 0 Å². The summed E-state index contributed by atoms with van der Waals surface area (Å²) in [5.41, 5.74) is 0. The summed E-state index contributed by atoms with van der Waals surface area (Å²) in [7, 11) is 1.24. The highest BCUT2D eigenvalue weighted by atomic mass is 19.4. The van der Waals surface area contributed by atoms with Gasteiger partial charge in [0, 0.05) is 32.8 Å². The van der Waals surface area contributed by atoms with E-state index >= 15 is 0 Å². The molecule has 0 aliphatic carbocycles. The van der Waals surface area contributed by atoms with Crippen molar-refractivity contribution in [1.82, 2.24) is 5.32 Å². The number of nitrogens with one attached hydrogen (secondary N) is 1. The van der Waals surface area contributed by atoms with Crippen LogP contribution in [0.15, 0.2) is 0 Å². The zero-order valence-corrected chi connectivity index (χ0v) is 18.2. The molecule has 10 nitrogen and oxygen atoms in total. The van der Waals surface area contributed by atoms with E-state index in [4.69, 9.17) is 18.9 Å². The number of amides is 1. The van der Waals surface area contributed by atoms with Crippen LogP contribution < -0.4 is 5.32 Å². The molecule has 1 N–H and O–H groups in total. The Kier molecular flexibility index (Phi) is 10.9. The number of unbranched alkanes of at least 4 members (excludes halogenated alkanes) is 1. The molecule has 0 aromatic rings. The Balaban J connectivity index is 2.98. The molecule has 0 radical (unpaired) electrons. The third kappa shape index (κ3) is 8.99. The van der Waals surface area contributed by atoms with Crippen LogP contribution in [0.25, 0.3) is 0 Å². The third-order valence-corrected chi connectivity index (χ3v) is 4.65. The molecule has 2 unspecified atom stereocenters. The molecule has 0 spiro atoms. The fourth-order valence-electron chi connectivity index (χ4n) is 3.08. The summed E-state index contributed by atoms with van der Waals surface area (Å²) < 4.78 is 64.3. The number of rotatable bonds is 10. The van der Waals surface area contributed by atoms with Gasteiger partial charge in [-0.05, 0) is 12.8 Å². The summed E-state index contributed by atoms with van der Waals surface area (Å²) in [6.07, 6.45) is -7.81. The predicted molar refractivity (Wildman–Crippen MR) is 99.8 cm³/mol. The van der Waals surface area contributed by atoms with Crippen molar-refractivity contribution in [3.63, 3.8) is 0 Å². The largest absolute Gasteiger partial charge is 0.471 e. The number of carbonyl (C=O) groups excluding carboxylic acids is 4. The summed E-state index contributed by atoms with van der Waals surface area (Å²) >= 11 is 0. The van der Waals surface area contributed by atoms with Crippen molar-refractivity contribution in [2.75, 3.05) is 20.3 Å². The minimum absolute atomic E-state index is 0.00864. The summed E-state index contributed by atoms with van der Waals surface area (Å²) in [5, 5.41) is 1.83. The maximum atomic E-state index is 12.8. The lowest BCUT2D eigenvalue weighted by Crippen LogP contribution is -2.63. The van der Waals surface area contributed by atoms with Gasteiger partial charge in [-0.2, -0.15) is 13.2 Å². The average molecular weight is 471 g/mol. The Morgan fingerprint density at radius 1 is 1.06 bits per heavy atom. The van der Waals surface area contributed by atoms with Crippen LogP contribution in [0.1, 0.15) is 40.0 Å². The van der Waals surface area contributed by atoms with Crippen LogP contribution in [0.3, 0.4) is 0 Å². The molecule has 1 rings (SSSR count). The summed E-state index contributed by atoms with van der Waals surface area (Å²) in [5.74, 6) is -4.90. The first-order chi connectivity index (χ1) is 14.9. The Labute approximate surface area is 183 Å². The number of ether oxygens (including phenoxy) is 5. The normalized spacial score (nSPS) is 25.5. The maximum absolute atomic E-state index is 12.8. The summed E-state index contributed by atoms with van der Waals surface area (Å²) in [6.45, 7) is 3.34. The van der Waals surface area contributed by atoms with Crippen molar-refractivity contribution in [2.45, 2.75) is 70.7 Å². The molecule has 0 saturated carbocycles. The molecule has 1 heterocycles. The van der Waals surface area contributed by atoms with Crippen molar-refractivity contribution in [3.8, 4) is 0 Å². The topological polar surface area (TPSA) is 126 Å². The standard InChI is InChI=1S/C19H28F3NO9/c1-10-15(23-18(27)19(20,21)22)17(29-8-6-5-7-14(26)28-4)32-13(9-30-11(2)24)16(10)31-12(3)25/h10,13,15-17H,5-9H2,1-4H3,(H,23,27)/t10-,13?,15?,16-,17+/m1/s1. The monoisotopic (exact) mass is 471 g/mol. The Hall–Kier alpha value is -2.41. The van der Waals surface area contributed by atoms with Crippen LogP contribution in [0.5, 0.6) is 0 Å². The van der Waals surface area contributed by atoms with E-state index in [0.717, 1.165) is 13.8 Å². The predicted octanol–water partition coefficient (Wildman–Crippen LogP) is 1.25. The minimum atomic E-state index is -5.16. The lowest BCUT2D eigenvalue weighted by Gasteiger charge is -2.44. The Morgan fingerprint density at radius 3 is 2.25 bits per heavy atom. The second-order valence-electron chi connectivity index (χ2n) is 7.18. The van der Waals surface area contributed by atoms with Gasteiger partial charge in [-0.25, -0.2) is 0 Å². The molecular weight excluding hydrogens is 443 g/mol. The Morgan fingerprint density at radius 2 is 1.72 bits per heavy atom. The molecule has 1 amide bonds. The minimum Gasteiger partial charge on any atom is -0.469 e. The number of methoxy groups -OCH3 is 1. The fraction of sp³-hybridized carbons (Fsp3) is 0.789. The summed E-state index contributed by atoms with van der Waals surface area (Å²) in [4.78, 5) is 45.4. The van der Waals surface area contributed by atoms with E-state index in [-0.39, 0.29) is 19.6 Å². The smallest absolute Gasteiger partial charge is 0.469 e. The molecule has 184 valence electrons. The second-order valence-corrected chi connectivity index (χ2v) is 7.18. The van der Waals surface area contributed by atoms with Crippen LogP contribution in [0.2, 0.25) is 0 Å². The number of esters is 3. The molecule has 1 saturated heterocycles. The highest BCUT2D eigenvalue weighted by Crippen LogP contribution is 2.30. The van der Waals surface area contributed by atoms with E-state index < -0.39 is 60.4 Å².